The van der Waals surface area contributed by atoms with Crippen LogP contribution in [0.5, 0.6) is 5.75 Å². The molecule has 2 unspecified atom stereocenters. The summed E-state index contributed by atoms with van der Waals surface area (Å²) in [6.45, 7) is -0.0838. The van der Waals surface area contributed by atoms with E-state index in [1.165, 1.54) is 25.4 Å². The van der Waals surface area contributed by atoms with Gasteiger partial charge in [-0.1, -0.05) is 66.7 Å². The number of aromatic amines is 1. The van der Waals surface area contributed by atoms with Crippen LogP contribution in [0.3, 0.4) is 0 Å². The zero-order chi connectivity index (χ0) is 33.1. The molecule has 2 amide bonds. The fourth-order valence-electron chi connectivity index (χ4n) is 5.96. The molecule has 11 nitrogen and oxygen atoms in total. The summed E-state index contributed by atoms with van der Waals surface area (Å²) < 4.78 is 33.0. The Bertz CT molecular complexity index is 2040. The van der Waals surface area contributed by atoms with Crippen molar-refractivity contribution in [3.63, 3.8) is 0 Å². The Kier molecular flexibility index (Phi) is 8.77. The molecule has 0 bridgehead atoms. The molecule has 2 atom stereocenters. The summed E-state index contributed by atoms with van der Waals surface area (Å²) in [5, 5.41) is 4.31. The normalized spacial score (nSPS) is 16.4. The first kappa shape index (κ1) is 31.5. The number of sulfone groups is 1. The Morgan fingerprint density at radius 3 is 2.40 bits per heavy atom. The molecule has 3 aromatic carbocycles. The number of amides is 2. The number of hydrogen-bond acceptors (Lipinski definition) is 8. The van der Waals surface area contributed by atoms with Crippen LogP contribution in [0.1, 0.15) is 27.9 Å². The summed E-state index contributed by atoms with van der Waals surface area (Å²) in [6, 6.07) is 24.9. The lowest BCUT2D eigenvalue weighted by molar-refractivity contribution is -0.133. The highest BCUT2D eigenvalue weighted by Gasteiger charge is 2.49. The summed E-state index contributed by atoms with van der Waals surface area (Å²) in [5.74, 6) is -1.80. The Labute approximate surface area is 271 Å². The van der Waals surface area contributed by atoms with E-state index < -0.39 is 50.2 Å². The van der Waals surface area contributed by atoms with Crippen LogP contribution in [-0.4, -0.2) is 61.0 Å². The number of carbonyl (C=O) groups excluding carboxylic acids is 3. The maximum Gasteiger partial charge on any atom is 0.252 e. The molecule has 6 rings (SSSR count). The minimum absolute atomic E-state index is 0.00603. The van der Waals surface area contributed by atoms with Crippen molar-refractivity contribution in [1.82, 2.24) is 20.5 Å². The number of ketones is 1. The highest BCUT2D eigenvalue weighted by atomic mass is 32.2. The first-order valence-electron chi connectivity index (χ1n) is 15.0. The molecule has 1 aromatic heterocycles. The van der Waals surface area contributed by atoms with Gasteiger partial charge >= 0.3 is 0 Å². The van der Waals surface area contributed by atoms with Crippen LogP contribution in [-0.2, 0) is 31.6 Å². The fraction of sp³-hybridized carbons (Fsp3) is 0.200. The molecule has 0 saturated heterocycles. The number of aromatic nitrogens is 1. The monoisotopic (exact) mass is 652 g/mol. The maximum absolute atomic E-state index is 14.6. The van der Waals surface area contributed by atoms with Gasteiger partial charge in [0.05, 0.1) is 19.4 Å². The van der Waals surface area contributed by atoms with Crippen molar-refractivity contribution in [1.29, 1.82) is 0 Å². The van der Waals surface area contributed by atoms with Crippen molar-refractivity contribution in [3.8, 4) is 16.9 Å². The Morgan fingerprint density at radius 2 is 1.68 bits per heavy atom. The van der Waals surface area contributed by atoms with E-state index >= 15 is 0 Å². The minimum atomic E-state index is -4.21. The van der Waals surface area contributed by atoms with Crippen LogP contribution in [0.25, 0.3) is 11.1 Å². The van der Waals surface area contributed by atoms with Crippen molar-refractivity contribution in [2.45, 2.75) is 30.0 Å². The molecular formula is C35H32N4O7S. The second kappa shape index (κ2) is 13.1. The zero-order valence-corrected chi connectivity index (χ0v) is 26.3. The van der Waals surface area contributed by atoms with Gasteiger partial charge in [0, 0.05) is 35.9 Å². The molecular weight excluding hydrogens is 620 g/mol. The third-order valence-corrected chi connectivity index (χ3v) is 10.2. The number of methoxy groups -OCH3 is 1. The smallest absolute Gasteiger partial charge is 0.252 e. The van der Waals surface area contributed by atoms with Crippen LogP contribution < -0.4 is 20.9 Å². The zero-order valence-electron chi connectivity index (χ0n) is 25.4. The lowest BCUT2D eigenvalue weighted by atomic mass is 9.98. The standard InChI is InChI=1S/C35H32N4O7S/c1-46-25-15-13-22(14-16-25)18-29(38-34(42)27-12-6-5-11-26(27)23-8-3-2-4-9-23)35(43)39-31(19-28-32(39)30(40)20-37-28)47(44,45)21-24-10-7-17-36-33(24)41/h2-17,29,31,37H,18-21H2,1H3,(H,36,41)(H,38,42). The molecule has 240 valence electrons. The molecule has 12 heteroatoms. The van der Waals surface area contributed by atoms with Gasteiger partial charge < -0.3 is 20.4 Å². The third-order valence-electron chi connectivity index (χ3n) is 8.29. The lowest BCUT2D eigenvalue weighted by Gasteiger charge is -2.31. The van der Waals surface area contributed by atoms with Gasteiger partial charge in [-0.3, -0.25) is 24.1 Å². The number of hydrogen-bond donors (Lipinski definition) is 3. The number of carbonyl (C=O) groups is 3. The Balaban J connectivity index is 1.38. The molecule has 4 aromatic rings. The largest absolute Gasteiger partial charge is 0.497 e. The van der Waals surface area contributed by atoms with Crippen molar-refractivity contribution in [3.05, 3.63) is 136 Å². The van der Waals surface area contributed by atoms with Gasteiger partial charge in [-0.25, -0.2) is 8.42 Å². The topological polar surface area (TPSA) is 155 Å². The van der Waals surface area contributed by atoms with E-state index in [9.17, 15) is 27.6 Å². The van der Waals surface area contributed by atoms with Gasteiger partial charge in [0.15, 0.2) is 15.6 Å². The van der Waals surface area contributed by atoms with Crippen molar-refractivity contribution in [2.24, 2.45) is 0 Å². The molecule has 0 radical (unpaired) electrons. The van der Waals surface area contributed by atoms with Gasteiger partial charge in [0.1, 0.15) is 22.9 Å². The van der Waals surface area contributed by atoms with E-state index in [1.807, 2.05) is 36.4 Å². The SMILES string of the molecule is COc1ccc(CC(NC(=O)c2ccccc2-c2ccccc2)C(=O)N2C3=C(CC2S(=O)(=O)Cc2ccc[nH]c2=O)NCC3=O)cc1. The minimum Gasteiger partial charge on any atom is -0.497 e. The third kappa shape index (κ3) is 6.45. The van der Waals surface area contributed by atoms with E-state index in [4.69, 9.17) is 4.74 Å². The van der Waals surface area contributed by atoms with Gasteiger partial charge in [0.2, 0.25) is 0 Å². The predicted octanol–water partition coefficient (Wildman–Crippen LogP) is 2.95. The number of nitrogens with zero attached hydrogens (tertiary/aromatic N) is 1. The second-order valence-corrected chi connectivity index (χ2v) is 13.5. The molecule has 3 N–H and O–H groups in total. The van der Waals surface area contributed by atoms with Gasteiger partial charge in [-0.2, -0.15) is 0 Å². The number of Topliss-reactive ketones (excluding diaryl/α,β-unsaturated/α-hetero) is 1. The summed E-state index contributed by atoms with van der Waals surface area (Å²) in [7, 11) is -2.68. The molecule has 2 aliphatic rings. The van der Waals surface area contributed by atoms with Crippen LogP contribution in [0.15, 0.2) is 113 Å². The van der Waals surface area contributed by atoms with Crippen molar-refractivity contribution >= 4 is 27.4 Å². The van der Waals surface area contributed by atoms with Crippen LogP contribution in [0, 0.1) is 0 Å². The molecule has 0 aliphatic carbocycles. The Morgan fingerprint density at radius 1 is 0.957 bits per heavy atom. The fourth-order valence-corrected chi connectivity index (χ4v) is 7.76. The van der Waals surface area contributed by atoms with Gasteiger partial charge in [-0.05, 0) is 41.0 Å². The highest BCUT2D eigenvalue weighted by molar-refractivity contribution is 7.91. The number of H-pyrrole nitrogens is 1. The van der Waals surface area contributed by atoms with E-state index in [-0.39, 0.29) is 30.6 Å². The van der Waals surface area contributed by atoms with Crippen LogP contribution >= 0.6 is 0 Å². The average Bonchev–Trinajstić information content (AvgIpc) is 3.66. The van der Waals surface area contributed by atoms with E-state index in [0.717, 1.165) is 10.5 Å². The average molecular weight is 653 g/mol. The lowest BCUT2D eigenvalue weighted by Crippen LogP contribution is -2.53. The molecule has 0 saturated carbocycles. The Hall–Kier alpha value is -5.49. The van der Waals surface area contributed by atoms with Crippen molar-refractivity contribution < 1.29 is 27.5 Å². The summed E-state index contributed by atoms with van der Waals surface area (Å²) in [5.41, 5.74) is 2.17. The first-order chi connectivity index (χ1) is 22.7. The molecule has 0 spiro atoms. The van der Waals surface area contributed by atoms with Crippen LogP contribution in [0.2, 0.25) is 0 Å². The van der Waals surface area contributed by atoms with E-state index in [0.29, 0.717) is 28.1 Å². The number of benzene rings is 3. The maximum atomic E-state index is 14.6. The van der Waals surface area contributed by atoms with Crippen molar-refractivity contribution in [2.75, 3.05) is 13.7 Å². The quantitative estimate of drug-likeness (QED) is 0.236. The molecule has 3 heterocycles. The summed E-state index contributed by atoms with van der Waals surface area (Å²) in [4.78, 5) is 57.5. The molecule has 2 aliphatic heterocycles. The first-order valence-corrected chi connectivity index (χ1v) is 16.7. The molecule has 0 fully saturated rings. The van der Waals surface area contributed by atoms with Gasteiger partial charge in [0.25, 0.3) is 17.4 Å². The van der Waals surface area contributed by atoms with E-state index in [2.05, 4.69) is 15.6 Å². The van der Waals surface area contributed by atoms with Gasteiger partial charge in [-0.15, -0.1) is 0 Å². The van der Waals surface area contributed by atoms with E-state index in [1.54, 1.807) is 42.5 Å². The highest BCUT2D eigenvalue weighted by Crippen LogP contribution is 2.36. The summed E-state index contributed by atoms with van der Waals surface area (Å²) in [6.07, 6.45) is 1.23. The van der Waals surface area contributed by atoms with Crippen LogP contribution in [0.4, 0.5) is 0 Å². The number of rotatable bonds is 10. The number of nitrogens with one attached hydrogen (secondary N) is 3. The predicted molar refractivity (Wildman–Crippen MR) is 175 cm³/mol. The number of ether oxygens (including phenoxy) is 1. The summed E-state index contributed by atoms with van der Waals surface area (Å²) >= 11 is 0. The molecule has 47 heavy (non-hydrogen) atoms. The number of pyridine rings is 1. The second-order valence-electron chi connectivity index (χ2n) is 11.3.